The first-order valence-electron chi connectivity index (χ1n) is 5.94. The van der Waals surface area contributed by atoms with Gasteiger partial charge in [0.1, 0.15) is 0 Å². The van der Waals surface area contributed by atoms with Crippen LogP contribution in [0.25, 0.3) is 0 Å². The van der Waals surface area contributed by atoms with Crippen molar-refractivity contribution in [1.82, 2.24) is 0 Å². The van der Waals surface area contributed by atoms with E-state index in [1.807, 2.05) is 11.8 Å². The van der Waals surface area contributed by atoms with E-state index in [-0.39, 0.29) is 0 Å². The highest BCUT2D eigenvalue weighted by atomic mass is 32.2. The number of rotatable bonds is 14. The molecule has 0 aromatic rings. The molecule has 0 rings (SSSR count). The predicted molar refractivity (Wildman–Crippen MR) is 102 cm³/mol. The van der Waals surface area contributed by atoms with E-state index in [4.69, 9.17) is 0 Å². The first kappa shape index (κ1) is 19.1. The van der Waals surface area contributed by atoms with Gasteiger partial charge in [-0.3, -0.25) is 0 Å². The second kappa shape index (κ2) is 18.1. The molecule has 0 saturated carbocycles. The van der Waals surface area contributed by atoms with Crippen molar-refractivity contribution in [2.75, 3.05) is 57.5 Å². The van der Waals surface area contributed by atoms with E-state index in [0.29, 0.717) is 0 Å². The van der Waals surface area contributed by atoms with Crippen LogP contribution in [0.3, 0.4) is 0 Å². The van der Waals surface area contributed by atoms with Crippen LogP contribution in [0.1, 0.15) is 6.42 Å². The zero-order valence-electron chi connectivity index (χ0n) is 10.3. The van der Waals surface area contributed by atoms with E-state index in [0.717, 1.165) is 11.5 Å². The molecule has 0 aromatic carbocycles. The van der Waals surface area contributed by atoms with Gasteiger partial charge in [-0.1, -0.05) is 0 Å². The minimum Gasteiger partial charge on any atom is -0.179 e. The van der Waals surface area contributed by atoms with Crippen LogP contribution in [0.2, 0.25) is 0 Å². The van der Waals surface area contributed by atoms with Gasteiger partial charge in [0.2, 0.25) is 0 Å². The van der Waals surface area contributed by atoms with Gasteiger partial charge in [0.05, 0.1) is 0 Å². The minimum atomic E-state index is 1.01. The molecule has 6 heteroatoms. The molecule has 0 aromatic heterocycles. The Morgan fingerprint density at radius 2 is 0.882 bits per heavy atom. The van der Waals surface area contributed by atoms with E-state index in [9.17, 15) is 0 Å². The van der Waals surface area contributed by atoms with Gasteiger partial charge in [-0.05, 0) is 23.7 Å². The molecule has 0 amide bonds. The molecule has 0 aliphatic carbocycles. The molecule has 0 aliphatic heterocycles. The van der Waals surface area contributed by atoms with Crippen molar-refractivity contribution >= 4 is 72.3 Å². The van der Waals surface area contributed by atoms with Crippen molar-refractivity contribution in [2.24, 2.45) is 0 Å². The van der Waals surface area contributed by atoms with E-state index in [1.54, 1.807) is 0 Å². The normalized spacial score (nSPS) is 10.9. The van der Waals surface area contributed by atoms with Crippen molar-refractivity contribution in [3.05, 3.63) is 0 Å². The summed E-state index contributed by atoms with van der Waals surface area (Å²) >= 11 is 16.7. The van der Waals surface area contributed by atoms with Crippen LogP contribution in [0, 0.1) is 0 Å². The highest BCUT2D eigenvalue weighted by Gasteiger charge is 1.93. The lowest BCUT2D eigenvalue weighted by molar-refractivity contribution is 1.13. The molecule has 0 N–H and O–H groups in total. The van der Waals surface area contributed by atoms with E-state index < -0.39 is 0 Å². The molecule has 0 atom stereocenters. The Hall–Kier alpha value is 2.10. The Bertz CT molecular complexity index is 119. The van der Waals surface area contributed by atoms with Crippen molar-refractivity contribution in [3.63, 3.8) is 0 Å². The summed E-state index contributed by atoms with van der Waals surface area (Å²) in [4.78, 5) is 0. The lowest BCUT2D eigenvalue weighted by Crippen LogP contribution is -1.94. The number of thioether (sulfide) groups is 4. The molecular weight excluding hydrogens is 325 g/mol. The highest BCUT2D eigenvalue weighted by molar-refractivity contribution is 8.05. The van der Waals surface area contributed by atoms with E-state index in [2.05, 4.69) is 60.5 Å². The summed E-state index contributed by atoms with van der Waals surface area (Å²) in [5.41, 5.74) is 0. The molecule has 0 radical (unpaired) electrons. The Morgan fingerprint density at radius 3 is 1.29 bits per heavy atom. The molecule has 17 heavy (non-hydrogen) atoms. The van der Waals surface area contributed by atoms with Gasteiger partial charge in [0.15, 0.2) is 0 Å². The van der Waals surface area contributed by atoms with Crippen molar-refractivity contribution in [3.8, 4) is 0 Å². The summed E-state index contributed by atoms with van der Waals surface area (Å²) < 4.78 is 0. The van der Waals surface area contributed by atoms with Crippen molar-refractivity contribution in [2.45, 2.75) is 6.42 Å². The second-order valence-electron chi connectivity index (χ2n) is 3.25. The standard InChI is InChI=1S/C11H24S6/c12-2-1-4-14-6-8-16-10-11-17-9-7-15-5-3-13/h12-13H,1-11H2. The SMILES string of the molecule is SCCCSCCSCCSCCSCCS. The van der Waals surface area contributed by atoms with Crippen LogP contribution >= 0.6 is 72.3 Å². The van der Waals surface area contributed by atoms with Crippen molar-refractivity contribution in [1.29, 1.82) is 0 Å². The summed E-state index contributed by atoms with van der Waals surface area (Å²) in [7, 11) is 0. The molecule has 0 heterocycles. The van der Waals surface area contributed by atoms with E-state index in [1.165, 1.54) is 52.4 Å². The Kier molecular flexibility index (Phi) is 20.3. The predicted octanol–water partition coefficient (Wildman–Crippen LogP) is 4.17. The molecule has 0 saturated heterocycles. The first-order valence-corrected chi connectivity index (χ1v) is 11.8. The lowest BCUT2D eigenvalue weighted by Gasteiger charge is -2.02. The maximum absolute atomic E-state index is 4.21. The summed E-state index contributed by atoms with van der Waals surface area (Å²) in [6, 6.07) is 0. The summed E-state index contributed by atoms with van der Waals surface area (Å²) in [6.45, 7) is 0. The Balaban J connectivity index is 2.85. The Morgan fingerprint density at radius 1 is 0.471 bits per heavy atom. The third-order valence-corrected chi connectivity index (χ3v) is 7.44. The van der Waals surface area contributed by atoms with Crippen LogP contribution < -0.4 is 0 Å². The van der Waals surface area contributed by atoms with Crippen LogP contribution in [0.5, 0.6) is 0 Å². The zero-order valence-corrected chi connectivity index (χ0v) is 15.4. The maximum atomic E-state index is 4.21. The maximum Gasteiger partial charge on any atom is 0.00238 e. The van der Waals surface area contributed by atoms with E-state index >= 15 is 0 Å². The smallest absolute Gasteiger partial charge is 0.00238 e. The first-order chi connectivity index (χ1) is 8.41. The minimum absolute atomic E-state index is 1.01. The third kappa shape index (κ3) is 18.1. The quantitative estimate of drug-likeness (QED) is 0.357. The van der Waals surface area contributed by atoms with Gasteiger partial charge in [0, 0.05) is 40.3 Å². The fourth-order valence-electron chi connectivity index (χ4n) is 0.993. The van der Waals surface area contributed by atoms with Crippen LogP contribution in [-0.4, -0.2) is 57.5 Å². The second-order valence-corrected chi connectivity index (χ2v) is 9.04. The molecule has 0 nitrogen and oxygen atoms in total. The number of hydrogen-bond donors (Lipinski definition) is 2. The Labute approximate surface area is 135 Å². The fraction of sp³-hybridized carbons (Fsp3) is 1.00. The molecular formula is C11H24S6. The fourth-order valence-corrected chi connectivity index (χ4v) is 5.87. The largest absolute Gasteiger partial charge is 0.179 e. The highest BCUT2D eigenvalue weighted by Crippen LogP contribution is 2.12. The van der Waals surface area contributed by atoms with Gasteiger partial charge >= 0.3 is 0 Å². The van der Waals surface area contributed by atoms with Crippen LogP contribution in [0.4, 0.5) is 0 Å². The van der Waals surface area contributed by atoms with Gasteiger partial charge in [0.25, 0.3) is 0 Å². The monoisotopic (exact) mass is 348 g/mol. The summed E-state index contributed by atoms with van der Waals surface area (Å²) in [5.74, 6) is 12.3. The third-order valence-electron chi connectivity index (χ3n) is 1.80. The molecule has 0 aliphatic rings. The topological polar surface area (TPSA) is 0 Å². The van der Waals surface area contributed by atoms with Gasteiger partial charge in [-0.25, -0.2) is 0 Å². The van der Waals surface area contributed by atoms with Gasteiger partial charge in [-0.15, -0.1) is 0 Å². The van der Waals surface area contributed by atoms with Gasteiger partial charge < -0.3 is 0 Å². The molecule has 0 fully saturated rings. The number of thiol groups is 2. The zero-order chi connectivity index (χ0) is 12.6. The van der Waals surface area contributed by atoms with Crippen LogP contribution in [-0.2, 0) is 0 Å². The molecule has 0 spiro atoms. The molecule has 0 bridgehead atoms. The summed E-state index contributed by atoms with van der Waals surface area (Å²) in [6.07, 6.45) is 1.25. The average Bonchev–Trinajstić information content (AvgIpc) is 2.35. The molecule has 0 unspecified atom stereocenters. The summed E-state index contributed by atoms with van der Waals surface area (Å²) in [5, 5.41) is 0. The van der Waals surface area contributed by atoms with Crippen LogP contribution in [0.15, 0.2) is 0 Å². The average molecular weight is 349 g/mol. The number of hydrogen-bond acceptors (Lipinski definition) is 6. The molecule has 104 valence electrons. The van der Waals surface area contributed by atoms with Gasteiger partial charge in [-0.2, -0.15) is 72.3 Å². The lowest BCUT2D eigenvalue weighted by atomic mass is 10.6. The van der Waals surface area contributed by atoms with Crippen molar-refractivity contribution < 1.29 is 0 Å².